The summed E-state index contributed by atoms with van der Waals surface area (Å²) in [6.45, 7) is 1.38. The zero-order valence-electron chi connectivity index (χ0n) is 13.7. The van der Waals surface area contributed by atoms with Gasteiger partial charge in [0.05, 0.1) is 11.8 Å². The van der Waals surface area contributed by atoms with Crippen molar-refractivity contribution in [1.29, 1.82) is 0 Å². The first-order chi connectivity index (χ1) is 11.3. The third-order valence-corrected chi connectivity index (χ3v) is 5.65. The molecule has 2 N–H and O–H groups in total. The first kappa shape index (κ1) is 16.7. The molecule has 23 heavy (non-hydrogen) atoms. The van der Waals surface area contributed by atoms with Crippen molar-refractivity contribution in [2.45, 2.75) is 70.3 Å². The number of rotatable bonds is 6. The topological polar surface area (TPSA) is 63.2 Å². The predicted molar refractivity (Wildman–Crippen MR) is 93.2 cm³/mol. The zero-order chi connectivity index (χ0) is 15.9. The summed E-state index contributed by atoms with van der Waals surface area (Å²) < 4.78 is 5.86. The van der Waals surface area contributed by atoms with Crippen molar-refractivity contribution in [3.63, 3.8) is 0 Å². The second kappa shape index (κ2) is 8.64. The zero-order valence-corrected chi connectivity index (χ0v) is 14.6. The Morgan fingerprint density at radius 1 is 1.17 bits per heavy atom. The lowest BCUT2D eigenvalue weighted by molar-refractivity contribution is 0.0276. The van der Waals surface area contributed by atoms with E-state index in [0.29, 0.717) is 12.6 Å². The molecule has 1 aromatic rings. The van der Waals surface area contributed by atoms with Crippen LogP contribution in [0.4, 0.5) is 9.93 Å². The van der Waals surface area contributed by atoms with Gasteiger partial charge >= 0.3 is 6.03 Å². The number of fused-ring (bicyclic) bond motifs is 1. The Bertz CT molecular complexity index is 488. The van der Waals surface area contributed by atoms with Gasteiger partial charge < -0.3 is 10.1 Å². The second-order valence-corrected chi connectivity index (χ2v) is 7.54. The first-order valence-corrected chi connectivity index (χ1v) is 9.78. The lowest BCUT2D eigenvalue weighted by atomic mass is 9.98. The number of nitrogens with one attached hydrogen (secondary N) is 2. The molecule has 0 unspecified atom stereocenters. The van der Waals surface area contributed by atoms with Gasteiger partial charge in [-0.1, -0.05) is 19.3 Å². The molecule has 3 rings (SSSR count). The van der Waals surface area contributed by atoms with Crippen LogP contribution in [0, 0.1) is 0 Å². The van der Waals surface area contributed by atoms with Crippen LogP contribution in [0.15, 0.2) is 0 Å². The van der Waals surface area contributed by atoms with Gasteiger partial charge in [0.15, 0.2) is 5.13 Å². The first-order valence-electron chi connectivity index (χ1n) is 8.96. The lowest BCUT2D eigenvalue weighted by Crippen LogP contribution is -2.30. The maximum atomic E-state index is 11.9. The van der Waals surface area contributed by atoms with Gasteiger partial charge in [-0.25, -0.2) is 9.78 Å². The van der Waals surface area contributed by atoms with E-state index in [1.54, 1.807) is 11.3 Å². The number of aromatic nitrogens is 1. The van der Waals surface area contributed by atoms with Gasteiger partial charge in [-0.3, -0.25) is 5.32 Å². The summed E-state index contributed by atoms with van der Waals surface area (Å²) in [7, 11) is 0. The summed E-state index contributed by atoms with van der Waals surface area (Å²) in [4.78, 5) is 17.8. The quantitative estimate of drug-likeness (QED) is 0.774. The van der Waals surface area contributed by atoms with Crippen molar-refractivity contribution in [1.82, 2.24) is 10.3 Å². The van der Waals surface area contributed by atoms with E-state index in [1.165, 1.54) is 55.5 Å². The number of carbonyl (C=O) groups is 1. The Morgan fingerprint density at radius 3 is 2.83 bits per heavy atom. The molecule has 0 atom stereocenters. The van der Waals surface area contributed by atoms with Gasteiger partial charge in [-0.15, -0.1) is 11.3 Å². The molecule has 0 saturated heterocycles. The summed E-state index contributed by atoms with van der Waals surface area (Å²) in [5.74, 6) is 0. The highest BCUT2D eigenvalue weighted by Crippen LogP contribution is 2.29. The molecule has 1 aromatic heterocycles. The minimum Gasteiger partial charge on any atom is -0.378 e. The smallest absolute Gasteiger partial charge is 0.321 e. The van der Waals surface area contributed by atoms with Gasteiger partial charge in [0, 0.05) is 18.0 Å². The summed E-state index contributed by atoms with van der Waals surface area (Å²) in [5.41, 5.74) is 1.18. The number of carbonyl (C=O) groups excluding carboxylic acids is 1. The van der Waals surface area contributed by atoms with Crippen LogP contribution in [-0.4, -0.2) is 30.3 Å². The maximum absolute atomic E-state index is 11.9. The summed E-state index contributed by atoms with van der Waals surface area (Å²) >= 11 is 1.62. The van der Waals surface area contributed by atoms with Gasteiger partial charge in [0.25, 0.3) is 0 Å². The van der Waals surface area contributed by atoms with E-state index < -0.39 is 0 Å². The minimum absolute atomic E-state index is 0.159. The van der Waals surface area contributed by atoms with E-state index >= 15 is 0 Å². The molecule has 1 fully saturated rings. The van der Waals surface area contributed by atoms with Gasteiger partial charge in [0.2, 0.25) is 0 Å². The molecule has 0 radical (unpaired) electrons. The van der Waals surface area contributed by atoms with E-state index in [0.717, 1.165) is 31.0 Å². The number of nitrogens with zero attached hydrogens (tertiary/aromatic N) is 1. The number of hydrogen-bond donors (Lipinski definition) is 2. The van der Waals surface area contributed by atoms with Crippen molar-refractivity contribution < 1.29 is 9.53 Å². The molecule has 1 heterocycles. The number of aryl methyl sites for hydroxylation is 2. The van der Waals surface area contributed by atoms with Crippen molar-refractivity contribution in [3.05, 3.63) is 10.6 Å². The fourth-order valence-corrected chi connectivity index (χ4v) is 4.35. The standard InChI is InChI=1S/C17H27N3O2S/c21-16(18-11-6-12-22-13-7-2-1-3-8-13)20-17-19-14-9-4-5-10-15(14)23-17/h13H,1-12H2,(H2,18,19,20,21). The molecule has 6 heteroatoms. The summed E-state index contributed by atoms with van der Waals surface area (Å²) in [5, 5.41) is 6.47. The average molecular weight is 337 g/mol. The molecule has 0 bridgehead atoms. The van der Waals surface area contributed by atoms with E-state index in [9.17, 15) is 4.79 Å². The number of thiazole rings is 1. The molecular weight excluding hydrogens is 310 g/mol. The molecule has 0 spiro atoms. The van der Waals surface area contributed by atoms with Crippen LogP contribution in [0.2, 0.25) is 0 Å². The van der Waals surface area contributed by atoms with E-state index in [2.05, 4.69) is 15.6 Å². The molecule has 2 aliphatic rings. The highest BCUT2D eigenvalue weighted by atomic mass is 32.1. The third-order valence-electron chi connectivity index (χ3n) is 4.58. The third kappa shape index (κ3) is 5.18. The van der Waals surface area contributed by atoms with Gasteiger partial charge in [0.1, 0.15) is 0 Å². The van der Waals surface area contributed by atoms with Crippen molar-refractivity contribution in [2.75, 3.05) is 18.5 Å². The van der Waals surface area contributed by atoms with Crippen LogP contribution in [0.5, 0.6) is 0 Å². The second-order valence-electron chi connectivity index (χ2n) is 6.46. The van der Waals surface area contributed by atoms with Crippen LogP contribution in [-0.2, 0) is 17.6 Å². The number of hydrogen-bond acceptors (Lipinski definition) is 4. The maximum Gasteiger partial charge on any atom is 0.321 e. The summed E-state index contributed by atoms with van der Waals surface area (Å²) in [6.07, 6.45) is 12.2. The van der Waals surface area contributed by atoms with Gasteiger partial charge in [-0.05, 0) is 44.9 Å². The molecule has 2 amide bonds. The lowest BCUT2D eigenvalue weighted by Gasteiger charge is -2.21. The fourth-order valence-electron chi connectivity index (χ4n) is 3.30. The average Bonchev–Trinajstić information content (AvgIpc) is 2.97. The van der Waals surface area contributed by atoms with E-state index in [4.69, 9.17) is 4.74 Å². The van der Waals surface area contributed by atoms with Crippen LogP contribution < -0.4 is 10.6 Å². The Balaban J connectivity index is 1.29. The Morgan fingerprint density at radius 2 is 2.00 bits per heavy atom. The molecular formula is C17H27N3O2S. The Labute approximate surface area is 142 Å². The van der Waals surface area contributed by atoms with Crippen LogP contribution in [0.25, 0.3) is 0 Å². The normalized spacial score (nSPS) is 18.4. The van der Waals surface area contributed by atoms with Crippen molar-refractivity contribution in [3.8, 4) is 0 Å². The summed E-state index contributed by atoms with van der Waals surface area (Å²) in [6, 6.07) is -0.159. The fraction of sp³-hybridized carbons (Fsp3) is 0.765. The highest BCUT2D eigenvalue weighted by Gasteiger charge is 2.16. The molecule has 1 saturated carbocycles. The molecule has 2 aliphatic carbocycles. The van der Waals surface area contributed by atoms with Crippen molar-refractivity contribution in [2.24, 2.45) is 0 Å². The molecule has 128 valence electrons. The van der Waals surface area contributed by atoms with E-state index in [-0.39, 0.29) is 6.03 Å². The largest absolute Gasteiger partial charge is 0.378 e. The Hall–Kier alpha value is -1.14. The van der Waals surface area contributed by atoms with Gasteiger partial charge in [-0.2, -0.15) is 0 Å². The molecule has 5 nitrogen and oxygen atoms in total. The monoisotopic (exact) mass is 337 g/mol. The number of ether oxygens (including phenoxy) is 1. The van der Waals surface area contributed by atoms with Crippen LogP contribution >= 0.6 is 11.3 Å². The Kier molecular flexibility index (Phi) is 6.28. The van der Waals surface area contributed by atoms with Crippen LogP contribution in [0.1, 0.15) is 61.9 Å². The SMILES string of the molecule is O=C(NCCCOC1CCCCC1)Nc1nc2c(s1)CCCC2. The number of anilines is 1. The highest BCUT2D eigenvalue weighted by molar-refractivity contribution is 7.15. The van der Waals surface area contributed by atoms with Crippen molar-refractivity contribution >= 4 is 22.5 Å². The van der Waals surface area contributed by atoms with E-state index in [1.807, 2.05) is 0 Å². The molecule has 0 aliphatic heterocycles. The predicted octanol–water partition coefficient (Wildman–Crippen LogP) is 3.88. The van der Waals surface area contributed by atoms with Crippen LogP contribution in [0.3, 0.4) is 0 Å². The molecule has 0 aromatic carbocycles. The minimum atomic E-state index is -0.159. The number of urea groups is 1. The number of amides is 2.